The standard InChI is InChI=1S/C19H25N3O4/c1-13-5-4-6-14(2)17(13)20-12-16(23)22-9-7-19(8-10-22)11-15(21-26-19)18(24)25-3/h4-6,20H,7-12H2,1-3H3. The Hall–Kier alpha value is -2.57. The lowest BCUT2D eigenvalue weighted by atomic mass is 9.87. The van der Waals surface area contributed by atoms with Gasteiger partial charge in [-0.25, -0.2) is 4.79 Å². The number of anilines is 1. The van der Waals surface area contributed by atoms with Crippen LogP contribution in [0.2, 0.25) is 0 Å². The molecule has 7 nitrogen and oxygen atoms in total. The number of para-hydroxylation sites is 1. The summed E-state index contributed by atoms with van der Waals surface area (Å²) < 4.78 is 4.70. The zero-order valence-electron chi connectivity index (χ0n) is 15.5. The van der Waals surface area contributed by atoms with Gasteiger partial charge in [0.05, 0.1) is 13.7 Å². The summed E-state index contributed by atoms with van der Waals surface area (Å²) in [6, 6.07) is 6.07. The fourth-order valence-corrected chi connectivity index (χ4v) is 3.55. The third-order valence-corrected chi connectivity index (χ3v) is 5.19. The fraction of sp³-hybridized carbons (Fsp3) is 0.526. The maximum absolute atomic E-state index is 12.5. The van der Waals surface area contributed by atoms with Crippen LogP contribution >= 0.6 is 0 Å². The first-order valence-electron chi connectivity index (χ1n) is 8.85. The molecule has 0 radical (unpaired) electrons. The molecule has 1 aromatic carbocycles. The number of ether oxygens (including phenoxy) is 1. The van der Waals surface area contributed by atoms with E-state index in [1.165, 1.54) is 7.11 Å². The summed E-state index contributed by atoms with van der Waals surface area (Å²) in [4.78, 5) is 31.5. The van der Waals surface area contributed by atoms with Crippen LogP contribution in [0.4, 0.5) is 5.69 Å². The second-order valence-corrected chi connectivity index (χ2v) is 6.98. The number of piperidine rings is 1. The van der Waals surface area contributed by atoms with E-state index in [1.807, 2.05) is 36.9 Å². The number of methoxy groups -OCH3 is 1. The summed E-state index contributed by atoms with van der Waals surface area (Å²) in [5.41, 5.74) is 3.12. The van der Waals surface area contributed by atoms with Crippen molar-refractivity contribution in [3.8, 4) is 0 Å². The quantitative estimate of drug-likeness (QED) is 0.832. The number of carbonyl (C=O) groups is 2. The molecule has 0 saturated carbocycles. The molecule has 0 atom stereocenters. The van der Waals surface area contributed by atoms with Crippen LogP contribution in [0, 0.1) is 13.8 Å². The van der Waals surface area contributed by atoms with Crippen LogP contribution in [-0.4, -0.2) is 54.8 Å². The van der Waals surface area contributed by atoms with Gasteiger partial charge < -0.3 is 19.8 Å². The molecule has 2 aliphatic rings. The number of nitrogens with zero attached hydrogens (tertiary/aromatic N) is 2. The van der Waals surface area contributed by atoms with Gasteiger partial charge in [0.1, 0.15) is 5.60 Å². The highest BCUT2D eigenvalue weighted by Crippen LogP contribution is 2.35. The number of hydrogen-bond acceptors (Lipinski definition) is 6. The highest BCUT2D eigenvalue weighted by atomic mass is 16.7. The fourth-order valence-electron chi connectivity index (χ4n) is 3.55. The predicted molar refractivity (Wildman–Crippen MR) is 98.1 cm³/mol. The first kappa shape index (κ1) is 18.2. The molecular formula is C19H25N3O4. The minimum atomic E-state index is -0.472. The molecule has 1 N–H and O–H groups in total. The molecular weight excluding hydrogens is 334 g/mol. The third kappa shape index (κ3) is 3.66. The topological polar surface area (TPSA) is 80.2 Å². The number of nitrogens with one attached hydrogen (secondary N) is 1. The average Bonchev–Trinajstić information content (AvgIpc) is 3.04. The number of benzene rings is 1. The summed E-state index contributed by atoms with van der Waals surface area (Å²) in [5, 5.41) is 7.14. The van der Waals surface area contributed by atoms with Gasteiger partial charge >= 0.3 is 5.97 Å². The second kappa shape index (κ2) is 7.35. The van der Waals surface area contributed by atoms with Crippen LogP contribution in [0.5, 0.6) is 0 Å². The minimum absolute atomic E-state index is 0.0645. The molecule has 140 valence electrons. The number of oxime groups is 1. The number of hydrogen-bond donors (Lipinski definition) is 1. The van der Waals surface area contributed by atoms with E-state index >= 15 is 0 Å². The Labute approximate surface area is 153 Å². The van der Waals surface area contributed by atoms with Gasteiger partial charge in [0.15, 0.2) is 5.71 Å². The first-order valence-corrected chi connectivity index (χ1v) is 8.85. The van der Waals surface area contributed by atoms with Gasteiger partial charge in [0.25, 0.3) is 0 Å². The lowest BCUT2D eigenvalue weighted by molar-refractivity contribution is -0.135. The Morgan fingerprint density at radius 3 is 2.54 bits per heavy atom. The molecule has 1 amide bonds. The van der Waals surface area contributed by atoms with Crippen molar-refractivity contribution in [1.82, 2.24) is 4.90 Å². The Kier molecular flexibility index (Phi) is 5.15. The highest BCUT2D eigenvalue weighted by molar-refractivity contribution is 6.36. The molecule has 3 rings (SSSR count). The van der Waals surface area contributed by atoms with Crippen molar-refractivity contribution < 1.29 is 19.2 Å². The van der Waals surface area contributed by atoms with Crippen LogP contribution in [0.15, 0.2) is 23.4 Å². The van der Waals surface area contributed by atoms with Crippen molar-refractivity contribution in [2.24, 2.45) is 5.16 Å². The molecule has 7 heteroatoms. The van der Waals surface area contributed by atoms with Gasteiger partial charge in [-0.3, -0.25) is 4.79 Å². The van der Waals surface area contributed by atoms with E-state index in [-0.39, 0.29) is 12.5 Å². The van der Waals surface area contributed by atoms with E-state index in [4.69, 9.17) is 9.57 Å². The molecule has 0 bridgehead atoms. The van der Waals surface area contributed by atoms with Crippen LogP contribution in [0.3, 0.4) is 0 Å². The molecule has 1 fully saturated rings. The van der Waals surface area contributed by atoms with Gasteiger partial charge in [-0.2, -0.15) is 0 Å². The Balaban J connectivity index is 1.51. The zero-order chi connectivity index (χ0) is 18.7. The monoisotopic (exact) mass is 359 g/mol. The van der Waals surface area contributed by atoms with Crippen LogP contribution in [-0.2, 0) is 19.2 Å². The second-order valence-electron chi connectivity index (χ2n) is 6.98. The number of amides is 1. The van der Waals surface area contributed by atoms with E-state index in [0.29, 0.717) is 38.1 Å². The Morgan fingerprint density at radius 1 is 1.27 bits per heavy atom. The summed E-state index contributed by atoms with van der Waals surface area (Å²) in [6.45, 7) is 5.51. The number of aryl methyl sites for hydroxylation is 2. The molecule has 26 heavy (non-hydrogen) atoms. The number of likely N-dealkylation sites (tertiary alicyclic amines) is 1. The Bertz CT molecular complexity index is 716. The van der Waals surface area contributed by atoms with Crippen molar-refractivity contribution >= 4 is 23.3 Å². The average molecular weight is 359 g/mol. The SMILES string of the molecule is COC(=O)C1=NOC2(CCN(C(=O)CNc3c(C)cccc3C)CC2)C1. The summed E-state index contributed by atoms with van der Waals surface area (Å²) in [6.07, 6.45) is 1.76. The number of esters is 1. The van der Waals surface area contributed by atoms with E-state index in [0.717, 1.165) is 16.8 Å². The lowest BCUT2D eigenvalue weighted by Gasteiger charge is -2.37. The smallest absolute Gasteiger partial charge is 0.355 e. The van der Waals surface area contributed by atoms with Gasteiger partial charge in [0.2, 0.25) is 5.91 Å². The van der Waals surface area contributed by atoms with E-state index in [1.54, 1.807) is 0 Å². The van der Waals surface area contributed by atoms with Crippen molar-refractivity contribution in [2.75, 3.05) is 32.1 Å². The first-order chi connectivity index (χ1) is 12.4. The maximum Gasteiger partial charge on any atom is 0.355 e. The molecule has 2 aliphatic heterocycles. The lowest BCUT2D eigenvalue weighted by Crippen LogP contribution is -2.48. The third-order valence-electron chi connectivity index (χ3n) is 5.19. The van der Waals surface area contributed by atoms with Crippen molar-refractivity contribution in [1.29, 1.82) is 0 Å². The molecule has 0 aromatic heterocycles. The molecule has 1 aromatic rings. The van der Waals surface area contributed by atoms with Gasteiger partial charge in [-0.1, -0.05) is 23.4 Å². The van der Waals surface area contributed by atoms with Crippen molar-refractivity contribution in [3.63, 3.8) is 0 Å². The predicted octanol–water partition coefficient (Wildman–Crippen LogP) is 2.03. The van der Waals surface area contributed by atoms with Crippen molar-refractivity contribution in [3.05, 3.63) is 29.3 Å². The van der Waals surface area contributed by atoms with Gasteiger partial charge in [-0.15, -0.1) is 0 Å². The molecule has 0 unspecified atom stereocenters. The zero-order valence-corrected chi connectivity index (χ0v) is 15.5. The molecule has 1 saturated heterocycles. The molecule has 2 heterocycles. The number of carbonyl (C=O) groups excluding carboxylic acids is 2. The molecule has 1 spiro atoms. The summed E-state index contributed by atoms with van der Waals surface area (Å²) in [5.74, 6) is -0.382. The normalized spacial score (nSPS) is 18.3. The van der Waals surface area contributed by atoms with Crippen molar-refractivity contribution in [2.45, 2.75) is 38.7 Å². The summed E-state index contributed by atoms with van der Waals surface area (Å²) >= 11 is 0. The van der Waals surface area contributed by atoms with Crippen LogP contribution < -0.4 is 5.32 Å². The van der Waals surface area contributed by atoms with Gasteiger partial charge in [-0.05, 0) is 25.0 Å². The van der Waals surface area contributed by atoms with Gasteiger partial charge in [0, 0.05) is 38.0 Å². The largest absolute Gasteiger partial charge is 0.464 e. The summed E-state index contributed by atoms with van der Waals surface area (Å²) in [7, 11) is 1.33. The molecule has 0 aliphatic carbocycles. The minimum Gasteiger partial charge on any atom is -0.464 e. The maximum atomic E-state index is 12.5. The Morgan fingerprint density at radius 2 is 1.92 bits per heavy atom. The van der Waals surface area contributed by atoms with E-state index < -0.39 is 11.6 Å². The van der Waals surface area contributed by atoms with Crippen LogP contribution in [0.1, 0.15) is 30.4 Å². The van der Waals surface area contributed by atoms with E-state index in [9.17, 15) is 9.59 Å². The van der Waals surface area contributed by atoms with E-state index in [2.05, 4.69) is 10.5 Å². The highest BCUT2D eigenvalue weighted by Gasteiger charge is 2.44. The van der Waals surface area contributed by atoms with Crippen LogP contribution in [0.25, 0.3) is 0 Å². The number of rotatable bonds is 4.